The van der Waals surface area contributed by atoms with Gasteiger partial charge in [0.25, 0.3) is 0 Å². The number of hydrogen-bond acceptors (Lipinski definition) is 3. The molecule has 3 nitrogen and oxygen atoms in total. The zero-order chi connectivity index (χ0) is 14.1. The van der Waals surface area contributed by atoms with Gasteiger partial charge in [-0.25, -0.2) is 0 Å². The van der Waals surface area contributed by atoms with E-state index in [1.807, 2.05) is 18.2 Å². The van der Waals surface area contributed by atoms with E-state index in [0.717, 1.165) is 30.8 Å². The first-order chi connectivity index (χ1) is 9.22. The molecule has 0 aliphatic carbocycles. The van der Waals surface area contributed by atoms with E-state index >= 15 is 0 Å². The highest BCUT2D eigenvalue weighted by molar-refractivity contribution is 6.32. The SMILES string of the molecule is CC/C(=C/c1c(Cl)cccc1OC)CNCCOC. The number of rotatable bonds is 8. The Kier molecular flexibility index (Phi) is 7.56. The Balaban J connectivity index is 2.79. The maximum atomic E-state index is 6.23. The van der Waals surface area contributed by atoms with Gasteiger partial charge in [-0.2, -0.15) is 0 Å². The third kappa shape index (κ3) is 5.23. The Hall–Kier alpha value is -1.03. The van der Waals surface area contributed by atoms with Gasteiger partial charge < -0.3 is 14.8 Å². The van der Waals surface area contributed by atoms with E-state index < -0.39 is 0 Å². The Morgan fingerprint density at radius 2 is 2.16 bits per heavy atom. The zero-order valence-electron chi connectivity index (χ0n) is 11.8. The lowest BCUT2D eigenvalue weighted by atomic mass is 10.1. The molecule has 0 fully saturated rings. The standard InChI is InChI=1S/C15H22ClNO2/c1-4-12(11-17-8-9-18-2)10-13-14(16)6-5-7-15(13)19-3/h5-7,10,17H,4,8-9,11H2,1-3H3/b12-10-. The van der Waals surface area contributed by atoms with Crippen molar-refractivity contribution in [1.82, 2.24) is 5.32 Å². The van der Waals surface area contributed by atoms with Crippen LogP contribution in [-0.4, -0.2) is 33.9 Å². The summed E-state index contributed by atoms with van der Waals surface area (Å²) < 4.78 is 10.4. The summed E-state index contributed by atoms with van der Waals surface area (Å²) in [5.74, 6) is 0.801. The summed E-state index contributed by atoms with van der Waals surface area (Å²) in [4.78, 5) is 0. The fraction of sp³-hybridized carbons (Fsp3) is 0.467. The van der Waals surface area contributed by atoms with E-state index in [4.69, 9.17) is 21.1 Å². The predicted molar refractivity (Wildman–Crippen MR) is 81.0 cm³/mol. The van der Waals surface area contributed by atoms with E-state index in [1.54, 1.807) is 14.2 Å². The van der Waals surface area contributed by atoms with Crippen molar-refractivity contribution in [2.75, 3.05) is 33.9 Å². The normalized spacial score (nSPS) is 11.7. The highest BCUT2D eigenvalue weighted by Crippen LogP contribution is 2.28. The molecular weight excluding hydrogens is 262 g/mol. The van der Waals surface area contributed by atoms with Crippen LogP contribution in [0.15, 0.2) is 23.8 Å². The minimum absolute atomic E-state index is 0.710. The summed E-state index contributed by atoms with van der Waals surface area (Å²) in [6.45, 7) is 4.52. The highest BCUT2D eigenvalue weighted by atomic mass is 35.5. The summed E-state index contributed by atoms with van der Waals surface area (Å²) in [6, 6.07) is 5.69. The van der Waals surface area contributed by atoms with Crippen LogP contribution < -0.4 is 10.1 Å². The van der Waals surface area contributed by atoms with Crippen LogP contribution in [0.3, 0.4) is 0 Å². The smallest absolute Gasteiger partial charge is 0.127 e. The average Bonchev–Trinajstić information content (AvgIpc) is 2.43. The molecule has 19 heavy (non-hydrogen) atoms. The lowest BCUT2D eigenvalue weighted by Gasteiger charge is -2.10. The molecule has 0 heterocycles. The number of nitrogens with one attached hydrogen (secondary N) is 1. The van der Waals surface area contributed by atoms with Gasteiger partial charge in [-0.3, -0.25) is 0 Å². The molecule has 0 radical (unpaired) electrons. The van der Waals surface area contributed by atoms with Gasteiger partial charge in [-0.1, -0.05) is 30.2 Å². The van der Waals surface area contributed by atoms with Crippen molar-refractivity contribution in [3.05, 3.63) is 34.4 Å². The monoisotopic (exact) mass is 283 g/mol. The van der Waals surface area contributed by atoms with Gasteiger partial charge in [0.1, 0.15) is 5.75 Å². The summed E-state index contributed by atoms with van der Waals surface area (Å²) in [5, 5.41) is 4.05. The Bertz CT molecular complexity index is 419. The molecule has 0 aromatic heterocycles. The Morgan fingerprint density at radius 3 is 2.79 bits per heavy atom. The van der Waals surface area contributed by atoms with E-state index in [0.29, 0.717) is 11.6 Å². The van der Waals surface area contributed by atoms with Gasteiger partial charge in [0.05, 0.1) is 18.7 Å². The van der Waals surface area contributed by atoms with Crippen molar-refractivity contribution in [2.24, 2.45) is 0 Å². The molecule has 1 N–H and O–H groups in total. The molecular formula is C15H22ClNO2. The summed E-state index contributed by atoms with van der Waals surface area (Å²) in [5.41, 5.74) is 2.22. The van der Waals surface area contributed by atoms with Gasteiger partial charge in [-0.05, 0) is 24.6 Å². The predicted octanol–water partition coefficient (Wildman–Crippen LogP) is 3.38. The van der Waals surface area contributed by atoms with Crippen molar-refractivity contribution < 1.29 is 9.47 Å². The lowest BCUT2D eigenvalue weighted by molar-refractivity contribution is 0.200. The summed E-state index contributed by atoms with van der Waals surface area (Å²) in [6.07, 6.45) is 3.06. The van der Waals surface area contributed by atoms with Gasteiger partial charge in [0.2, 0.25) is 0 Å². The minimum atomic E-state index is 0.710. The molecule has 1 rings (SSSR count). The van der Waals surface area contributed by atoms with Crippen LogP contribution >= 0.6 is 11.6 Å². The molecule has 0 bridgehead atoms. The quantitative estimate of drug-likeness (QED) is 0.742. The molecule has 0 amide bonds. The Morgan fingerprint density at radius 1 is 1.37 bits per heavy atom. The molecule has 0 aliphatic heterocycles. The fourth-order valence-corrected chi connectivity index (χ4v) is 1.96. The topological polar surface area (TPSA) is 30.5 Å². The number of methoxy groups -OCH3 is 2. The zero-order valence-corrected chi connectivity index (χ0v) is 12.6. The first kappa shape index (κ1) is 16.0. The molecule has 1 aromatic rings. The molecule has 0 unspecified atom stereocenters. The third-order valence-corrected chi connectivity index (χ3v) is 3.20. The maximum absolute atomic E-state index is 6.23. The largest absolute Gasteiger partial charge is 0.496 e. The second kappa shape index (κ2) is 8.97. The molecule has 0 spiro atoms. The third-order valence-electron chi connectivity index (χ3n) is 2.87. The number of halogens is 1. The second-order valence-electron chi connectivity index (χ2n) is 4.18. The molecule has 0 saturated heterocycles. The van der Waals surface area contributed by atoms with Crippen LogP contribution in [0, 0.1) is 0 Å². The minimum Gasteiger partial charge on any atom is -0.496 e. The first-order valence-corrected chi connectivity index (χ1v) is 6.82. The average molecular weight is 284 g/mol. The first-order valence-electron chi connectivity index (χ1n) is 6.44. The summed E-state index contributed by atoms with van der Waals surface area (Å²) in [7, 11) is 3.36. The molecule has 1 aromatic carbocycles. The van der Waals surface area contributed by atoms with Crippen LogP contribution in [0.5, 0.6) is 5.75 Å². The second-order valence-corrected chi connectivity index (χ2v) is 4.59. The van der Waals surface area contributed by atoms with Crippen LogP contribution in [0.2, 0.25) is 5.02 Å². The highest BCUT2D eigenvalue weighted by Gasteiger charge is 2.06. The summed E-state index contributed by atoms with van der Waals surface area (Å²) >= 11 is 6.23. The van der Waals surface area contributed by atoms with Gasteiger partial charge in [-0.15, -0.1) is 0 Å². The lowest BCUT2D eigenvalue weighted by Crippen LogP contribution is -2.21. The number of ether oxygens (including phenoxy) is 2. The van der Waals surface area contributed by atoms with E-state index in [2.05, 4.69) is 18.3 Å². The molecule has 0 aliphatic rings. The van der Waals surface area contributed by atoms with Crippen molar-refractivity contribution in [1.29, 1.82) is 0 Å². The van der Waals surface area contributed by atoms with Crippen molar-refractivity contribution >= 4 is 17.7 Å². The van der Waals surface area contributed by atoms with E-state index in [1.165, 1.54) is 5.57 Å². The van der Waals surface area contributed by atoms with Crippen molar-refractivity contribution in [3.8, 4) is 5.75 Å². The van der Waals surface area contributed by atoms with Gasteiger partial charge >= 0.3 is 0 Å². The van der Waals surface area contributed by atoms with Crippen molar-refractivity contribution in [3.63, 3.8) is 0 Å². The number of benzene rings is 1. The maximum Gasteiger partial charge on any atom is 0.127 e. The molecule has 4 heteroatoms. The fourth-order valence-electron chi connectivity index (χ4n) is 1.74. The molecule has 0 saturated carbocycles. The molecule has 0 atom stereocenters. The van der Waals surface area contributed by atoms with Crippen LogP contribution in [-0.2, 0) is 4.74 Å². The van der Waals surface area contributed by atoms with E-state index in [-0.39, 0.29) is 0 Å². The van der Waals surface area contributed by atoms with Crippen LogP contribution in [0.1, 0.15) is 18.9 Å². The van der Waals surface area contributed by atoms with E-state index in [9.17, 15) is 0 Å². The Labute approximate surface area is 120 Å². The van der Waals surface area contributed by atoms with Crippen molar-refractivity contribution in [2.45, 2.75) is 13.3 Å². The van der Waals surface area contributed by atoms with Crippen LogP contribution in [0.25, 0.3) is 6.08 Å². The van der Waals surface area contributed by atoms with Gasteiger partial charge in [0.15, 0.2) is 0 Å². The van der Waals surface area contributed by atoms with Crippen LogP contribution in [0.4, 0.5) is 0 Å². The number of hydrogen-bond donors (Lipinski definition) is 1. The van der Waals surface area contributed by atoms with Gasteiger partial charge in [0, 0.05) is 25.8 Å². The molecule has 106 valence electrons.